The molecule has 2 fully saturated rings. The summed E-state index contributed by atoms with van der Waals surface area (Å²) in [7, 11) is 0. The summed E-state index contributed by atoms with van der Waals surface area (Å²) in [5, 5.41) is 0. The SMILES string of the molecule is CC1C2CCC(C2)C1C.CCC1(OC(C)=O)C=CCC1. The lowest BCUT2D eigenvalue weighted by molar-refractivity contribution is -0.152. The van der Waals surface area contributed by atoms with E-state index in [4.69, 9.17) is 4.74 Å². The molecular formula is C18H30O2. The van der Waals surface area contributed by atoms with Crippen LogP contribution < -0.4 is 0 Å². The van der Waals surface area contributed by atoms with Crippen LogP contribution in [-0.4, -0.2) is 11.6 Å². The van der Waals surface area contributed by atoms with E-state index in [1.54, 1.807) is 6.42 Å². The van der Waals surface area contributed by atoms with Gasteiger partial charge in [0.25, 0.3) is 0 Å². The highest BCUT2D eigenvalue weighted by molar-refractivity contribution is 5.67. The van der Waals surface area contributed by atoms with Gasteiger partial charge in [-0.3, -0.25) is 4.79 Å². The number of allylic oxidation sites excluding steroid dienone is 1. The van der Waals surface area contributed by atoms with Gasteiger partial charge in [-0.05, 0) is 68.3 Å². The number of carbonyl (C=O) groups is 1. The van der Waals surface area contributed by atoms with Crippen LogP contribution in [0.25, 0.3) is 0 Å². The Hall–Kier alpha value is -0.790. The largest absolute Gasteiger partial charge is 0.455 e. The maximum atomic E-state index is 10.7. The smallest absolute Gasteiger partial charge is 0.303 e. The molecule has 20 heavy (non-hydrogen) atoms. The van der Waals surface area contributed by atoms with Crippen LogP contribution >= 0.6 is 0 Å². The minimum atomic E-state index is -0.272. The van der Waals surface area contributed by atoms with Gasteiger partial charge >= 0.3 is 5.97 Å². The van der Waals surface area contributed by atoms with Crippen molar-refractivity contribution in [2.24, 2.45) is 23.7 Å². The van der Waals surface area contributed by atoms with Gasteiger partial charge in [0, 0.05) is 6.92 Å². The summed E-state index contributed by atoms with van der Waals surface area (Å²) in [6, 6.07) is 0. The third-order valence-corrected chi connectivity index (χ3v) is 5.93. The Morgan fingerprint density at radius 2 is 1.85 bits per heavy atom. The second-order valence-electron chi connectivity index (χ2n) is 7.00. The van der Waals surface area contributed by atoms with Gasteiger partial charge in [0.05, 0.1) is 0 Å². The lowest BCUT2D eigenvalue weighted by Gasteiger charge is -2.25. The molecule has 3 aliphatic rings. The molecule has 0 aromatic heterocycles. The summed E-state index contributed by atoms with van der Waals surface area (Å²) in [5.41, 5.74) is -0.272. The summed E-state index contributed by atoms with van der Waals surface area (Å²) >= 11 is 0. The number of fused-ring (bicyclic) bond motifs is 2. The second-order valence-corrected chi connectivity index (χ2v) is 7.00. The van der Waals surface area contributed by atoms with E-state index in [2.05, 4.69) is 19.9 Å². The van der Waals surface area contributed by atoms with Gasteiger partial charge in [-0.25, -0.2) is 0 Å². The maximum Gasteiger partial charge on any atom is 0.303 e. The molecule has 0 aromatic rings. The predicted octanol–water partition coefficient (Wildman–Crippen LogP) is 4.74. The van der Waals surface area contributed by atoms with Crippen molar-refractivity contribution in [3.8, 4) is 0 Å². The van der Waals surface area contributed by atoms with E-state index in [0.29, 0.717) is 0 Å². The fourth-order valence-electron chi connectivity index (χ4n) is 4.31. The molecule has 2 bridgehead atoms. The lowest BCUT2D eigenvalue weighted by Crippen LogP contribution is -2.28. The molecule has 0 N–H and O–H groups in total. The van der Waals surface area contributed by atoms with Crippen LogP contribution in [0.15, 0.2) is 12.2 Å². The zero-order valence-electron chi connectivity index (χ0n) is 13.5. The topological polar surface area (TPSA) is 26.3 Å². The van der Waals surface area contributed by atoms with E-state index < -0.39 is 0 Å². The molecule has 2 saturated carbocycles. The van der Waals surface area contributed by atoms with Gasteiger partial charge < -0.3 is 4.74 Å². The monoisotopic (exact) mass is 278 g/mol. The maximum absolute atomic E-state index is 10.7. The Labute approximate surface area is 124 Å². The standard InChI is InChI=1S/C9H14O2.C9H16/c1-3-9(11-8(2)10)6-4-5-7-9;1-6-7(2)9-4-3-8(6)5-9/h4,6H,3,5,7H2,1-2H3;6-9H,3-5H2,1-2H3. The van der Waals surface area contributed by atoms with E-state index in [1.807, 2.05) is 13.0 Å². The van der Waals surface area contributed by atoms with E-state index in [9.17, 15) is 4.79 Å². The quantitative estimate of drug-likeness (QED) is 0.539. The van der Waals surface area contributed by atoms with Crippen molar-refractivity contribution in [2.45, 2.75) is 71.8 Å². The minimum Gasteiger partial charge on any atom is -0.455 e. The summed E-state index contributed by atoms with van der Waals surface area (Å²) in [4.78, 5) is 10.7. The van der Waals surface area contributed by atoms with Crippen LogP contribution in [0.1, 0.15) is 66.2 Å². The Morgan fingerprint density at radius 3 is 2.15 bits per heavy atom. The molecule has 0 heterocycles. The molecule has 5 unspecified atom stereocenters. The molecule has 2 heteroatoms. The fourth-order valence-corrected chi connectivity index (χ4v) is 4.31. The lowest BCUT2D eigenvalue weighted by atomic mass is 9.82. The molecule has 3 aliphatic carbocycles. The van der Waals surface area contributed by atoms with E-state index in [1.165, 1.54) is 19.8 Å². The molecular weight excluding hydrogens is 248 g/mol. The molecule has 0 aliphatic heterocycles. The van der Waals surface area contributed by atoms with Crippen LogP contribution in [0.3, 0.4) is 0 Å². The Bertz CT molecular complexity index is 356. The fraction of sp³-hybridized carbons (Fsp3) is 0.833. The minimum absolute atomic E-state index is 0.182. The normalized spacial score (nSPS) is 41.4. The Kier molecular flexibility index (Phi) is 4.93. The summed E-state index contributed by atoms with van der Waals surface area (Å²) in [6.45, 7) is 8.38. The number of ether oxygens (including phenoxy) is 1. The van der Waals surface area contributed by atoms with Crippen molar-refractivity contribution in [2.75, 3.05) is 0 Å². The van der Waals surface area contributed by atoms with Gasteiger partial charge in [-0.2, -0.15) is 0 Å². The van der Waals surface area contributed by atoms with E-state index in [0.717, 1.165) is 42.9 Å². The van der Waals surface area contributed by atoms with Crippen molar-refractivity contribution in [1.82, 2.24) is 0 Å². The van der Waals surface area contributed by atoms with Gasteiger partial charge in [0.1, 0.15) is 5.60 Å². The van der Waals surface area contributed by atoms with Crippen LogP contribution in [0.5, 0.6) is 0 Å². The van der Waals surface area contributed by atoms with E-state index >= 15 is 0 Å². The number of carbonyl (C=O) groups excluding carboxylic acids is 1. The molecule has 2 nitrogen and oxygen atoms in total. The Morgan fingerprint density at radius 1 is 1.25 bits per heavy atom. The van der Waals surface area contributed by atoms with Crippen molar-refractivity contribution < 1.29 is 9.53 Å². The van der Waals surface area contributed by atoms with Gasteiger partial charge in [0.15, 0.2) is 0 Å². The highest BCUT2D eigenvalue weighted by atomic mass is 16.6. The molecule has 5 atom stereocenters. The van der Waals surface area contributed by atoms with Crippen molar-refractivity contribution in [1.29, 1.82) is 0 Å². The van der Waals surface area contributed by atoms with Crippen LogP contribution in [0.4, 0.5) is 0 Å². The van der Waals surface area contributed by atoms with Crippen molar-refractivity contribution >= 4 is 5.97 Å². The van der Waals surface area contributed by atoms with Crippen LogP contribution in [0, 0.1) is 23.7 Å². The zero-order valence-corrected chi connectivity index (χ0v) is 13.5. The number of hydrogen-bond acceptors (Lipinski definition) is 2. The zero-order chi connectivity index (χ0) is 14.8. The van der Waals surface area contributed by atoms with Gasteiger partial charge in [0.2, 0.25) is 0 Å². The summed E-state index contributed by atoms with van der Waals surface area (Å²) < 4.78 is 5.22. The predicted molar refractivity (Wildman–Crippen MR) is 82.3 cm³/mol. The van der Waals surface area contributed by atoms with Crippen LogP contribution in [0.2, 0.25) is 0 Å². The first-order valence-corrected chi connectivity index (χ1v) is 8.34. The van der Waals surface area contributed by atoms with Gasteiger partial charge in [-0.15, -0.1) is 0 Å². The molecule has 0 radical (unpaired) electrons. The number of hydrogen-bond donors (Lipinski definition) is 0. The molecule has 0 aromatic carbocycles. The molecule has 0 amide bonds. The average Bonchev–Trinajstić information content (AvgIpc) is 3.10. The summed E-state index contributed by atoms with van der Waals surface area (Å²) in [5.74, 6) is 4.14. The first-order valence-electron chi connectivity index (χ1n) is 8.34. The molecule has 114 valence electrons. The molecule has 0 saturated heterocycles. The number of esters is 1. The van der Waals surface area contributed by atoms with Crippen molar-refractivity contribution in [3.05, 3.63) is 12.2 Å². The third-order valence-electron chi connectivity index (χ3n) is 5.93. The highest BCUT2D eigenvalue weighted by Crippen LogP contribution is 2.51. The molecule has 3 rings (SSSR count). The summed E-state index contributed by atoms with van der Waals surface area (Å²) in [6.07, 6.45) is 11.6. The Balaban J connectivity index is 0.000000149. The number of rotatable bonds is 2. The average molecular weight is 278 g/mol. The van der Waals surface area contributed by atoms with Gasteiger partial charge in [-0.1, -0.05) is 26.8 Å². The first-order chi connectivity index (χ1) is 9.47. The second kappa shape index (κ2) is 6.32. The molecule has 0 spiro atoms. The highest BCUT2D eigenvalue weighted by Gasteiger charge is 2.42. The third kappa shape index (κ3) is 3.27. The van der Waals surface area contributed by atoms with Crippen LogP contribution in [-0.2, 0) is 9.53 Å². The van der Waals surface area contributed by atoms with Crippen molar-refractivity contribution in [3.63, 3.8) is 0 Å². The van der Waals surface area contributed by atoms with E-state index in [-0.39, 0.29) is 11.6 Å². The first kappa shape index (κ1) is 15.6.